The predicted octanol–water partition coefficient (Wildman–Crippen LogP) is 2.42. The van der Waals surface area contributed by atoms with Crippen LogP contribution >= 0.6 is 0 Å². The van der Waals surface area contributed by atoms with Gasteiger partial charge >= 0.3 is 0 Å². The first-order valence-corrected chi connectivity index (χ1v) is 4.53. The molecule has 0 saturated heterocycles. The maximum Gasteiger partial charge on any atom is 0.116 e. The van der Waals surface area contributed by atoms with Crippen molar-refractivity contribution < 1.29 is 0 Å². The molecule has 0 bridgehead atoms. The predicted molar refractivity (Wildman–Crippen MR) is 56.1 cm³/mol. The zero-order valence-electron chi connectivity index (χ0n) is 7.78. The van der Waals surface area contributed by atoms with Gasteiger partial charge in [-0.05, 0) is 18.6 Å². The third kappa shape index (κ3) is 0.865. The topological polar surface area (TPSA) is 41.6 Å². The Morgan fingerprint density at radius 3 is 3.07 bits per heavy atom. The number of fused-ring (bicyclic) bond motifs is 3. The lowest BCUT2D eigenvalue weighted by atomic mass is 10.1. The number of aryl methyl sites for hydroxylation is 1. The van der Waals surface area contributed by atoms with Crippen molar-refractivity contribution in [3.05, 3.63) is 36.3 Å². The van der Waals surface area contributed by atoms with Crippen LogP contribution < -0.4 is 0 Å². The van der Waals surface area contributed by atoms with Gasteiger partial charge in [-0.15, -0.1) is 0 Å². The van der Waals surface area contributed by atoms with E-state index >= 15 is 0 Å². The van der Waals surface area contributed by atoms with Crippen LogP contribution in [-0.2, 0) is 0 Å². The Morgan fingerprint density at radius 1 is 1.21 bits per heavy atom. The van der Waals surface area contributed by atoms with Gasteiger partial charge in [0.05, 0.1) is 17.2 Å². The van der Waals surface area contributed by atoms with Gasteiger partial charge in [-0.2, -0.15) is 0 Å². The van der Waals surface area contributed by atoms with Crippen LogP contribution in [0.25, 0.3) is 21.9 Å². The van der Waals surface area contributed by atoms with Crippen LogP contribution in [0.15, 0.2) is 30.7 Å². The molecule has 3 aromatic rings. The van der Waals surface area contributed by atoms with E-state index in [2.05, 4.69) is 34.0 Å². The van der Waals surface area contributed by atoms with Crippen molar-refractivity contribution in [2.24, 2.45) is 0 Å². The summed E-state index contributed by atoms with van der Waals surface area (Å²) in [6, 6.07) is 6.20. The molecule has 3 nitrogen and oxygen atoms in total. The second kappa shape index (κ2) is 2.54. The molecule has 0 unspecified atom stereocenters. The lowest BCUT2D eigenvalue weighted by Gasteiger charge is -1.94. The monoisotopic (exact) mass is 183 g/mol. The van der Waals surface area contributed by atoms with Gasteiger partial charge in [-0.25, -0.2) is 9.97 Å². The fraction of sp³-hybridized carbons (Fsp3) is 0.0909. The number of H-pyrrole nitrogens is 1. The van der Waals surface area contributed by atoms with Gasteiger partial charge in [0.2, 0.25) is 0 Å². The highest BCUT2D eigenvalue weighted by Crippen LogP contribution is 2.25. The van der Waals surface area contributed by atoms with Crippen LogP contribution in [0.2, 0.25) is 0 Å². The second-order valence-electron chi connectivity index (χ2n) is 3.41. The van der Waals surface area contributed by atoms with E-state index in [1.54, 1.807) is 6.33 Å². The fourth-order valence-corrected chi connectivity index (χ4v) is 1.85. The van der Waals surface area contributed by atoms with Gasteiger partial charge < -0.3 is 4.98 Å². The number of nitrogens with zero attached hydrogens (tertiary/aromatic N) is 2. The quantitative estimate of drug-likeness (QED) is 0.581. The second-order valence-corrected chi connectivity index (χ2v) is 3.41. The largest absolute Gasteiger partial charge is 0.352 e. The highest BCUT2D eigenvalue weighted by molar-refractivity contribution is 6.06. The Bertz CT molecular complexity index is 610. The number of rotatable bonds is 0. The van der Waals surface area contributed by atoms with E-state index in [0.29, 0.717) is 0 Å². The Balaban J connectivity index is 2.65. The molecule has 0 saturated carbocycles. The first kappa shape index (κ1) is 7.50. The number of hydrogen-bond donors (Lipinski definition) is 1. The Hall–Kier alpha value is -1.90. The molecule has 1 aromatic carbocycles. The summed E-state index contributed by atoms with van der Waals surface area (Å²) in [6.45, 7) is 2.09. The molecule has 0 aliphatic rings. The molecule has 1 N–H and O–H groups in total. The number of benzene rings is 1. The van der Waals surface area contributed by atoms with Crippen molar-refractivity contribution in [3.8, 4) is 0 Å². The normalized spacial score (nSPS) is 11.2. The molecule has 14 heavy (non-hydrogen) atoms. The van der Waals surface area contributed by atoms with Crippen LogP contribution in [0, 0.1) is 6.92 Å². The SMILES string of the molecule is Cc1cccc2[nH]c3cncnc3c12. The van der Waals surface area contributed by atoms with Crippen molar-refractivity contribution in [3.63, 3.8) is 0 Å². The molecule has 3 heteroatoms. The van der Waals surface area contributed by atoms with Crippen molar-refractivity contribution in [2.75, 3.05) is 0 Å². The minimum atomic E-state index is 0.997. The molecule has 0 atom stereocenters. The average molecular weight is 183 g/mol. The number of aromatic amines is 1. The van der Waals surface area contributed by atoms with E-state index in [0.717, 1.165) is 16.6 Å². The number of aromatic nitrogens is 3. The molecule has 0 aliphatic heterocycles. The van der Waals surface area contributed by atoms with E-state index < -0.39 is 0 Å². The van der Waals surface area contributed by atoms with Crippen LogP contribution in [0.4, 0.5) is 0 Å². The summed E-state index contributed by atoms with van der Waals surface area (Å²) in [5.41, 5.74) is 4.37. The molecule has 3 rings (SSSR count). The van der Waals surface area contributed by atoms with Gasteiger partial charge in [0.1, 0.15) is 6.33 Å². The average Bonchev–Trinajstić information content (AvgIpc) is 2.57. The molecule has 68 valence electrons. The molecule has 0 spiro atoms. The Kier molecular flexibility index (Phi) is 1.36. The van der Waals surface area contributed by atoms with Crippen LogP contribution in [0.1, 0.15) is 5.56 Å². The van der Waals surface area contributed by atoms with E-state index in [1.807, 2.05) is 12.3 Å². The maximum atomic E-state index is 4.29. The first-order chi connectivity index (χ1) is 6.86. The van der Waals surface area contributed by atoms with Crippen molar-refractivity contribution in [2.45, 2.75) is 6.92 Å². The molecule has 0 amide bonds. The zero-order valence-corrected chi connectivity index (χ0v) is 7.78. The summed E-state index contributed by atoms with van der Waals surface area (Å²) in [5.74, 6) is 0. The molecule has 0 aliphatic carbocycles. The van der Waals surface area contributed by atoms with Crippen molar-refractivity contribution >= 4 is 21.9 Å². The Morgan fingerprint density at radius 2 is 2.14 bits per heavy atom. The minimum Gasteiger partial charge on any atom is -0.352 e. The summed E-state index contributed by atoms with van der Waals surface area (Å²) in [4.78, 5) is 11.6. The van der Waals surface area contributed by atoms with E-state index in [9.17, 15) is 0 Å². The van der Waals surface area contributed by atoms with Crippen LogP contribution in [0.5, 0.6) is 0 Å². The van der Waals surface area contributed by atoms with Gasteiger partial charge in [-0.3, -0.25) is 0 Å². The van der Waals surface area contributed by atoms with Crippen molar-refractivity contribution in [1.29, 1.82) is 0 Å². The summed E-state index contributed by atoms with van der Waals surface area (Å²) in [5, 5.41) is 1.20. The standard InChI is InChI=1S/C11H9N3/c1-7-3-2-4-8-10(7)11-9(14-8)5-12-6-13-11/h2-6,14H,1H3. The van der Waals surface area contributed by atoms with E-state index in [1.165, 1.54) is 10.9 Å². The lowest BCUT2D eigenvalue weighted by Crippen LogP contribution is -1.78. The molecular weight excluding hydrogens is 174 g/mol. The van der Waals surface area contributed by atoms with Crippen LogP contribution in [0.3, 0.4) is 0 Å². The molecule has 2 aromatic heterocycles. The minimum absolute atomic E-state index is 0.997. The zero-order chi connectivity index (χ0) is 9.54. The van der Waals surface area contributed by atoms with Crippen molar-refractivity contribution in [1.82, 2.24) is 15.0 Å². The smallest absolute Gasteiger partial charge is 0.116 e. The molecule has 2 heterocycles. The van der Waals surface area contributed by atoms with E-state index in [4.69, 9.17) is 0 Å². The molecular formula is C11H9N3. The van der Waals surface area contributed by atoms with Crippen LogP contribution in [-0.4, -0.2) is 15.0 Å². The third-order valence-electron chi connectivity index (χ3n) is 2.49. The Labute approximate surface area is 80.8 Å². The number of hydrogen-bond acceptors (Lipinski definition) is 2. The third-order valence-corrected chi connectivity index (χ3v) is 2.49. The van der Waals surface area contributed by atoms with Gasteiger partial charge in [0.25, 0.3) is 0 Å². The van der Waals surface area contributed by atoms with E-state index in [-0.39, 0.29) is 0 Å². The summed E-state index contributed by atoms with van der Waals surface area (Å²) >= 11 is 0. The highest BCUT2D eigenvalue weighted by atomic mass is 14.9. The first-order valence-electron chi connectivity index (χ1n) is 4.53. The van der Waals surface area contributed by atoms with Gasteiger partial charge in [0.15, 0.2) is 0 Å². The van der Waals surface area contributed by atoms with Gasteiger partial charge in [0, 0.05) is 10.9 Å². The lowest BCUT2D eigenvalue weighted by molar-refractivity contribution is 1.22. The molecule has 0 radical (unpaired) electrons. The molecule has 0 fully saturated rings. The maximum absolute atomic E-state index is 4.29. The highest BCUT2D eigenvalue weighted by Gasteiger charge is 2.06. The summed E-state index contributed by atoms with van der Waals surface area (Å²) < 4.78 is 0. The summed E-state index contributed by atoms with van der Waals surface area (Å²) in [7, 11) is 0. The fourth-order valence-electron chi connectivity index (χ4n) is 1.85. The number of nitrogens with one attached hydrogen (secondary N) is 1. The summed E-state index contributed by atoms with van der Waals surface area (Å²) in [6.07, 6.45) is 3.39. The van der Waals surface area contributed by atoms with Gasteiger partial charge in [-0.1, -0.05) is 12.1 Å².